The number of hydrogen-bond donors (Lipinski definition) is 4. The first-order chi connectivity index (χ1) is 17.7. The SMILES string of the molecule is CCc1c(C(=O)O)cc(C)cc1C(=O)O.NNC(=O)Cc1cn(CCc2ccccc2)c2ccccc12. The largest absolute Gasteiger partial charge is 0.478 e. The van der Waals surface area contributed by atoms with Gasteiger partial charge in [-0.3, -0.25) is 10.2 Å². The number of nitrogens with two attached hydrogens (primary N) is 1. The van der Waals surface area contributed by atoms with Crippen LogP contribution in [0.15, 0.2) is 72.9 Å². The highest BCUT2D eigenvalue weighted by Crippen LogP contribution is 2.22. The van der Waals surface area contributed by atoms with Crippen LogP contribution in [-0.2, 0) is 30.6 Å². The Kier molecular flexibility index (Phi) is 9.18. The number of hydrogen-bond acceptors (Lipinski definition) is 4. The zero-order valence-corrected chi connectivity index (χ0v) is 20.9. The fourth-order valence-corrected chi connectivity index (χ4v) is 4.35. The van der Waals surface area contributed by atoms with E-state index >= 15 is 0 Å². The standard InChI is InChI=1S/C18H19N3O.C11H12O4/c19-20-18(22)12-15-13-21(17-9-5-4-8-16(15)17)11-10-14-6-2-1-3-7-14;1-3-7-8(10(12)13)4-6(2)5-9(7)11(14)15/h1-9,13H,10-12,19H2,(H,20,22);4-5H,3H2,1-2H3,(H,12,13)(H,14,15). The Balaban J connectivity index is 0.000000222. The number of aromatic carboxylic acids is 2. The summed E-state index contributed by atoms with van der Waals surface area (Å²) in [6.45, 7) is 4.30. The molecule has 0 radical (unpaired) electrons. The fraction of sp³-hybridized carbons (Fsp3) is 0.207. The average molecular weight is 502 g/mol. The normalized spacial score (nSPS) is 10.5. The lowest BCUT2D eigenvalue weighted by Crippen LogP contribution is -2.31. The molecule has 1 amide bonds. The number of aromatic nitrogens is 1. The van der Waals surface area contributed by atoms with E-state index in [9.17, 15) is 14.4 Å². The molecule has 0 aliphatic carbocycles. The summed E-state index contributed by atoms with van der Waals surface area (Å²) in [7, 11) is 0. The van der Waals surface area contributed by atoms with Crippen molar-refractivity contribution in [1.29, 1.82) is 0 Å². The Morgan fingerprint density at radius 1 is 0.919 bits per heavy atom. The molecule has 192 valence electrons. The van der Waals surface area contributed by atoms with Gasteiger partial charge in [-0.25, -0.2) is 15.4 Å². The smallest absolute Gasteiger partial charge is 0.335 e. The first-order valence-corrected chi connectivity index (χ1v) is 11.9. The molecular weight excluding hydrogens is 470 g/mol. The minimum absolute atomic E-state index is 0.0786. The number of rotatable bonds is 8. The number of aryl methyl sites for hydroxylation is 3. The van der Waals surface area contributed by atoms with E-state index in [1.807, 2.05) is 24.3 Å². The molecule has 4 aromatic rings. The third kappa shape index (κ3) is 6.83. The van der Waals surface area contributed by atoms with E-state index in [4.69, 9.17) is 16.1 Å². The van der Waals surface area contributed by atoms with Crippen molar-refractivity contribution in [3.63, 3.8) is 0 Å². The molecule has 0 unspecified atom stereocenters. The summed E-state index contributed by atoms with van der Waals surface area (Å²) in [6, 6.07) is 21.5. The predicted octanol–water partition coefficient (Wildman–Crippen LogP) is 4.37. The topological polar surface area (TPSA) is 135 Å². The van der Waals surface area contributed by atoms with Crippen molar-refractivity contribution in [2.45, 2.75) is 39.7 Å². The van der Waals surface area contributed by atoms with E-state index in [0.717, 1.165) is 29.4 Å². The number of carboxylic acids is 2. The first kappa shape index (κ1) is 27.2. The summed E-state index contributed by atoms with van der Waals surface area (Å²) in [5.41, 5.74) is 6.83. The second kappa shape index (κ2) is 12.5. The van der Waals surface area contributed by atoms with Gasteiger partial charge in [0.15, 0.2) is 0 Å². The molecule has 4 rings (SSSR count). The van der Waals surface area contributed by atoms with Gasteiger partial charge in [0, 0.05) is 23.6 Å². The molecule has 0 atom stereocenters. The number of nitrogens with one attached hydrogen (secondary N) is 1. The van der Waals surface area contributed by atoms with E-state index in [1.165, 1.54) is 17.7 Å². The number of benzene rings is 3. The van der Waals surface area contributed by atoms with Crippen molar-refractivity contribution in [1.82, 2.24) is 9.99 Å². The molecule has 0 fully saturated rings. The van der Waals surface area contributed by atoms with E-state index in [-0.39, 0.29) is 17.0 Å². The summed E-state index contributed by atoms with van der Waals surface area (Å²) in [6.07, 6.45) is 3.71. The van der Waals surface area contributed by atoms with Gasteiger partial charge in [-0.05, 0) is 60.2 Å². The zero-order chi connectivity index (χ0) is 26.9. The molecule has 5 N–H and O–H groups in total. The molecule has 0 saturated heterocycles. The molecule has 0 spiro atoms. The van der Waals surface area contributed by atoms with Gasteiger partial charge in [0.05, 0.1) is 17.5 Å². The number of hydrazine groups is 1. The van der Waals surface area contributed by atoms with Gasteiger partial charge in [0.1, 0.15) is 0 Å². The molecule has 0 aliphatic rings. The summed E-state index contributed by atoms with van der Waals surface area (Å²) in [4.78, 5) is 33.4. The molecule has 8 heteroatoms. The molecule has 0 saturated carbocycles. The van der Waals surface area contributed by atoms with Gasteiger partial charge in [0.2, 0.25) is 5.91 Å². The molecule has 0 bridgehead atoms. The van der Waals surface area contributed by atoms with Crippen LogP contribution in [0.2, 0.25) is 0 Å². The van der Waals surface area contributed by atoms with Gasteiger partial charge < -0.3 is 14.8 Å². The van der Waals surface area contributed by atoms with Crippen LogP contribution in [0, 0.1) is 6.92 Å². The number of fused-ring (bicyclic) bond motifs is 1. The van der Waals surface area contributed by atoms with Crippen LogP contribution >= 0.6 is 0 Å². The van der Waals surface area contributed by atoms with E-state index in [1.54, 1.807) is 13.8 Å². The quantitative estimate of drug-likeness (QED) is 0.161. The molecular formula is C29H31N3O5. The van der Waals surface area contributed by atoms with Crippen molar-refractivity contribution in [3.8, 4) is 0 Å². The van der Waals surface area contributed by atoms with Crippen LogP contribution in [0.1, 0.15) is 49.9 Å². The molecule has 1 aromatic heterocycles. The molecule has 1 heterocycles. The Hall–Kier alpha value is -4.43. The van der Waals surface area contributed by atoms with Crippen LogP contribution in [0.3, 0.4) is 0 Å². The number of carbonyl (C=O) groups is 3. The average Bonchev–Trinajstić information content (AvgIpc) is 3.25. The van der Waals surface area contributed by atoms with E-state index in [2.05, 4.69) is 46.5 Å². The summed E-state index contributed by atoms with van der Waals surface area (Å²) >= 11 is 0. The highest BCUT2D eigenvalue weighted by atomic mass is 16.4. The Bertz CT molecular complexity index is 1370. The lowest BCUT2D eigenvalue weighted by Gasteiger charge is -2.09. The Morgan fingerprint density at radius 3 is 2.08 bits per heavy atom. The highest BCUT2D eigenvalue weighted by Gasteiger charge is 2.17. The lowest BCUT2D eigenvalue weighted by atomic mass is 9.96. The number of amides is 1. The Morgan fingerprint density at radius 2 is 1.51 bits per heavy atom. The van der Waals surface area contributed by atoms with Crippen molar-refractivity contribution in [2.75, 3.05) is 0 Å². The van der Waals surface area contributed by atoms with Crippen molar-refractivity contribution in [2.24, 2.45) is 5.84 Å². The second-order valence-corrected chi connectivity index (χ2v) is 8.65. The summed E-state index contributed by atoms with van der Waals surface area (Å²) < 4.78 is 2.21. The monoisotopic (exact) mass is 501 g/mol. The number of carboxylic acid groups (broad SMARTS) is 2. The van der Waals surface area contributed by atoms with Crippen molar-refractivity contribution in [3.05, 3.63) is 106 Å². The Labute approximate surface area is 215 Å². The molecule has 37 heavy (non-hydrogen) atoms. The highest BCUT2D eigenvalue weighted by molar-refractivity contribution is 5.97. The summed E-state index contributed by atoms with van der Waals surface area (Å²) in [5, 5.41) is 19.0. The maximum atomic E-state index is 11.6. The lowest BCUT2D eigenvalue weighted by molar-refractivity contribution is -0.120. The van der Waals surface area contributed by atoms with E-state index < -0.39 is 11.9 Å². The maximum absolute atomic E-state index is 11.6. The first-order valence-electron chi connectivity index (χ1n) is 11.9. The predicted molar refractivity (Wildman–Crippen MR) is 143 cm³/mol. The van der Waals surface area contributed by atoms with Crippen LogP contribution in [0.5, 0.6) is 0 Å². The maximum Gasteiger partial charge on any atom is 0.335 e. The van der Waals surface area contributed by atoms with Crippen molar-refractivity contribution >= 4 is 28.7 Å². The number of nitrogens with zero attached hydrogens (tertiary/aromatic N) is 1. The van der Waals surface area contributed by atoms with Crippen LogP contribution in [0.25, 0.3) is 10.9 Å². The van der Waals surface area contributed by atoms with Crippen LogP contribution in [0.4, 0.5) is 0 Å². The van der Waals surface area contributed by atoms with Gasteiger partial charge in [-0.15, -0.1) is 0 Å². The van der Waals surface area contributed by atoms with Crippen molar-refractivity contribution < 1.29 is 24.6 Å². The van der Waals surface area contributed by atoms with E-state index in [0.29, 0.717) is 24.0 Å². The molecule has 8 nitrogen and oxygen atoms in total. The fourth-order valence-electron chi connectivity index (χ4n) is 4.35. The third-order valence-corrected chi connectivity index (χ3v) is 6.08. The van der Waals surface area contributed by atoms with Gasteiger partial charge >= 0.3 is 11.9 Å². The molecule has 0 aliphatic heterocycles. The van der Waals surface area contributed by atoms with Gasteiger partial charge in [-0.1, -0.05) is 55.5 Å². The second-order valence-electron chi connectivity index (χ2n) is 8.65. The number of para-hydroxylation sites is 1. The minimum atomic E-state index is -1.09. The third-order valence-electron chi connectivity index (χ3n) is 6.08. The zero-order valence-electron chi connectivity index (χ0n) is 20.9. The molecule has 3 aromatic carbocycles. The van der Waals surface area contributed by atoms with Crippen LogP contribution in [-0.4, -0.2) is 32.6 Å². The number of carbonyl (C=O) groups excluding carboxylic acids is 1. The minimum Gasteiger partial charge on any atom is -0.478 e. The van der Waals surface area contributed by atoms with Gasteiger partial charge in [0.25, 0.3) is 0 Å². The van der Waals surface area contributed by atoms with Crippen LogP contribution < -0.4 is 11.3 Å². The van der Waals surface area contributed by atoms with Gasteiger partial charge in [-0.2, -0.15) is 0 Å². The summed E-state index contributed by atoms with van der Waals surface area (Å²) in [5.74, 6) is 2.85.